The van der Waals surface area contributed by atoms with Crippen LogP contribution < -0.4 is 5.32 Å². The van der Waals surface area contributed by atoms with E-state index in [9.17, 15) is 9.18 Å². The van der Waals surface area contributed by atoms with Gasteiger partial charge in [-0.15, -0.1) is 11.3 Å². The first-order chi connectivity index (χ1) is 13.7. The Bertz CT molecular complexity index is 1120. The molecule has 6 heteroatoms. The number of carbonyl (C=O) groups excluding carboxylic acids is 1. The predicted molar refractivity (Wildman–Crippen MR) is 111 cm³/mol. The molecule has 2 aromatic carbocycles. The van der Waals surface area contributed by atoms with Crippen LogP contribution in [-0.4, -0.2) is 22.1 Å². The van der Waals surface area contributed by atoms with Gasteiger partial charge < -0.3 is 9.88 Å². The maximum Gasteiger partial charge on any atom is 0.251 e. The third kappa shape index (κ3) is 3.55. The van der Waals surface area contributed by atoms with Crippen LogP contribution in [0.2, 0.25) is 0 Å². The van der Waals surface area contributed by atoms with Gasteiger partial charge in [-0.2, -0.15) is 0 Å². The highest BCUT2D eigenvalue weighted by atomic mass is 32.1. The summed E-state index contributed by atoms with van der Waals surface area (Å²) in [5.74, 6) is -0.113. The fourth-order valence-electron chi connectivity index (χ4n) is 3.30. The van der Waals surface area contributed by atoms with E-state index >= 15 is 0 Å². The molecular formula is C22H20FN3OS. The lowest BCUT2D eigenvalue weighted by molar-refractivity contribution is 0.0951. The van der Waals surface area contributed by atoms with E-state index in [-0.39, 0.29) is 5.91 Å². The first-order valence-electron chi connectivity index (χ1n) is 9.10. The molecular weight excluding hydrogens is 373 g/mol. The zero-order valence-electron chi connectivity index (χ0n) is 15.5. The summed E-state index contributed by atoms with van der Waals surface area (Å²) < 4.78 is 15.2. The number of hydrogen-bond acceptors (Lipinski definition) is 3. The molecule has 4 rings (SSSR count). The average Bonchev–Trinajstić information content (AvgIpc) is 3.33. The molecule has 2 heterocycles. The van der Waals surface area contributed by atoms with Crippen molar-refractivity contribution in [2.75, 3.05) is 6.67 Å². The van der Waals surface area contributed by atoms with Gasteiger partial charge in [-0.25, -0.2) is 9.37 Å². The van der Waals surface area contributed by atoms with E-state index in [0.29, 0.717) is 18.7 Å². The van der Waals surface area contributed by atoms with Crippen LogP contribution in [0.5, 0.6) is 0 Å². The first kappa shape index (κ1) is 18.4. The molecule has 0 unspecified atom stereocenters. The molecule has 1 amide bonds. The second kappa shape index (κ2) is 7.94. The highest BCUT2D eigenvalue weighted by Gasteiger charge is 2.15. The lowest BCUT2D eigenvalue weighted by atomic mass is 10.1. The third-order valence-corrected chi connectivity index (χ3v) is 5.72. The summed E-state index contributed by atoms with van der Waals surface area (Å²) in [4.78, 5) is 17.7. The minimum Gasteiger partial charge on any atom is -0.347 e. The monoisotopic (exact) mass is 393 g/mol. The van der Waals surface area contributed by atoms with Crippen molar-refractivity contribution >= 4 is 28.1 Å². The van der Waals surface area contributed by atoms with Crippen molar-refractivity contribution in [3.63, 3.8) is 0 Å². The van der Waals surface area contributed by atoms with Crippen LogP contribution in [0.25, 0.3) is 21.6 Å². The lowest BCUT2D eigenvalue weighted by Gasteiger charge is -2.06. The highest BCUT2D eigenvalue weighted by Crippen LogP contribution is 2.32. The van der Waals surface area contributed by atoms with E-state index < -0.39 is 6.67 Å². The Balaban J connectivity index is 1.58. The molecule has 142 valence electrons. The van der Waals surface area contributed by atoms with Crippen molar-refractivity contribution < 1.29 is 9.18 Å². The van der Waals surface area contributed by atoms with Gasteiger partial charge in [0.15, 0.2) is 0 Å². The Kier molecular flexibility index (Phi) is 5.21. The number of hydrogen-bond donors (Lipinski definition) is 1. The van der Waals surface area contributed by atoms with E-state index in [4.69, 9.17) is 0 Å². The molecule has 2 aromatic heterocycles. The molecule has 0 saturated carbocycles. The van der Waals surface area contributed by atoms with Crippen molar-refractivity contribution in [3.8, 4) is 10.7 Å². The van der Waals surface area contributed by atoms with Gasteiger partial charge in [0.2, 0.25) is 0 Å². The van der Waals surface area contributed by atoms with E-state index in [1.165, 1.54) is 11.3 Å². The van der Waals surface area contributed by atoms with Crippen LogP contribution in [0.3, 0.4) is 0 Å². The zero-order valence-corrected chi connectivity index (χ0v) is 16.3. The number of halogens is 1. The predicted octanol–water partition coefficient (Wildman–Crippen LogP) is 4.97. The van der Waals surface area contributed by atoms with Crippen molar-refractivity contribution in [1.29, 1.82) is 0 Å². The molecule has 0 bridgehead atoms. The number of thiazole rings is 1. The topological polar surface area (TPSA) is 46.9 Å². The number of alkyl halides is 1. The van der Waals surface area contributed by atoms with Crippen molar-refractivity contribution in [1.82, 2.24) is 14.9 Å². The summed E-state index contributed by atoms with van der Waals surface area (Å²) in [5.41, 5.74) is 3.71. The Morgan fingerprint density at radius 3 is 2.79 bits per heavy atom. The fraction of sp³-hybridized carbons (Fsp3) is 0.182. The molecule has 0 atom stereocenters. The lowest BCUT2D eigenvalue weighted by Crippen LogP contribution is -2.22. The Morgan fingerprint density at radius 2 is 2.00 bits per heavy atom. The maximum atomic E-state index is 13.2. The zero-order chi connectivity index (χ0) is 19.5. The minimum atomic E-state index is -0.434. The van der Waals surface area contributed by atoms with Crippen LogP contribution in [0.15, 0.2) is 60.8 Å². The summed E-state index contributed by atoms with van der Waals surface area (Å²) in [5, 5.41) is 4.86. The van der Waals surface area contributed by atoms with Crippen LogP contribution in [0.1, 0.15) is 20.8 Å². The average molecular weight is 393 g/mol. The Morgan fingerprint density at radius 1 is 1.18 bits per heavy atom. The van der Waals surface area contributed by atoms with Gasteiger partial charge in [-0.05, 0) is 36.8 Å². The number of carbonyl (C=O) groups is 1. The number of fused-ring (bicyclic) bond motifs is 1. The largest absolute Gasteiger partial charge is 0.347 e. The fourth-order valence-corrected chi connectivity index (χ4v) is 4.18. The number of nitrogens with one attached hydrogen (secondary N) is 1. The third-order valence-electron chi connectivity index (χ3n) is 4.70. The van der Waals surface area contributed by atoms with Gasteiger partial charge in [0.05, 0.1) is 18.8 Å². The van der Waals surface area contributed by atoms with E-state index in [2.05, 4.69) is 29.4 Å². The number of aryl methyl sites for hydroxylation is 2. The Labute approximate surface area is 166 Å². The second-order valence-electron chi connectivity index (χ2n) is 6.56. The molecule has 0 radical (unpaired) electrons. The summed E-state index contributed by atoms with van der Waals surface area (Å²) >= 11 is 1.52. The van der Waals surface area contributed by atoms with Gasteiger partial charge in [-0.1, -0.05) is 30.3 Å². The quantitative estimate of drug-likeness (QED) is 0.503. The molecule has 0 saturated heterocycles. The summed E-state index contributed by atoms with van der Waals surface area (Å²) in [6.45, 7) is 2.32. The van der Waals surface area contributed by atoms with Gasteiger partial charge >= 0.3 is 0 Å². The Hall–Kier alpha value is -2.99. The van der Waals surface area contributed by atoms with Crippen LogP contribution in [0.4, 0.5) is 4.39 Å². The molecule has 1 N–H and O–H groups in total. The number of benzene rings is 2. The number of amides is 1. The minimum absolute atomic E-state index is 0.113. The SMILES string of the molecule is Cc1cccc2c1cc(-c1ncc(CNC(=O)c3ccccc3)s1)n2CCF. The number of aromatic nitrogens is 2. The highest BCUT2D eigenvalue weighted by molar-refractivity contribution is 7.15. The molecule has 0 aliphatic heterocycles. The van der Waals surface area contributed by atoms with Gasteiger partial charge in [0.1, 0.15) is 11.7 Å². The van der Waals surface area contributed by atoms with Gasteiger partial charge in [-0.3, -0.25) is 4.79 Å². The molecule has 0 aliphatic rings. The molecule has 0 aliphatic carbocycles. The van der Waals surface area contributed by atoms with E-state index in [1.807, 2.05) is 34.9 Å². The van der Waals surface area contributed by atoms with Crippen molar-refractivity contribution in [3.05, 3.63) is 76.8 Å². The van der Waals surface area contributed by atoms with Crippen molar-refractivity contribution in [2.45, 2.75) is 20.0 Å². The van der Waals surface area contributed by atoms with E-state index in [0.717, 1.165) is 32.0 Å². The first-order valence-corrected chi connectivity index (χ1v) is 9.92. The summed E-state index contributed by atoms with van der Waals surface area (Å²) in [6, 6.07) is 17.3. The molecule has 0 fully saturated rings. The maximum absolute atomic E-state index is 13.2. The molecule has 4 aromatic rings. The molecule has 28 heavy (non-hydrogen) atoms. The van der Waals surface area contributed by atoms with Gasteiger partial charge in [0, 0.05) is 27.5 Å². The van der Waals surface area contributed by atoms with Crippen LogP contribution >= 0.6 is 11.3 Å². The normalized spacial score (nSPS) is 11.1. The van der Waals surface area contributed by atoms with Crippen LogP contribution in [0, 0.1) is 6.92 Å². The summed E-state index contributed by atoms with van der Waals surface area (Å²) in [6.07, 6.45) is 1.77. The smallest absolute Gasteiger partial charge is 0.251 e. The van der Waals surface area contributed by atoms with Gasteiger partial charge in [0.25, 0.3) is 5.91 Å². The standard InChI is InChI=1S/C22H20FN3OS/c1-15-6-5-9-19-18(15)12-20(26(19)11-10-23)22-25-14-17(28-22)13-24-21(27)16-7-3-2-4-8-16/h2-9,12,14H,10-11,13H2,1H3,(H,24,27). The molecule has 0 spiro atoms. The number of nitrogens with zero attached hydrogens (tertiary/aromatic N) is 2. The second-order valence-corrected chi connectivity index (χ2v) is 7.67. The summed E-state index contributed by atoms with van der Waals surface area (Å²) in [7, 11) is 0. The van der Waals surface area contributed by atoms with Crippen LogP contribution in [-0.2, 0) is 13.1 Å². The van der Waals surface area contributed by atoms with Crippen molar-refractivity contribution in [2.24, 2.45) is 0 Å². The number of rotatable bonds is 6. The molecule has 4 nitrogen and oxygen atoms in total. The van der Waals surface area contributed by atoms with E-state index in [1.54, 1.807) is 18.3 Å².